The Balaban J connectivity index is 2.62. The fourth-order valence-corrected chi connectivity index (χ4v) is 2.10. The predicted octanol–water partition coefficient (Wildman–Crippen LogP) is 1.42. The number of alkyl halides is 3. The van der Waals surface area contributed by atoms with E-state index in [0.29, 0.717) is 13.0 Å². The highest BCUT2D eigenvalue weighted by Crippen LogP contribution is 2.27. The third-order valence-electron chi connectivity index (χ3n) is 3.30. The summed E-state index contributed by atoms with van der Waals surface area (Å²) < 4.78 is 48.7. The molecular weight excluding hydrogens is 315 g/mol. The molecule has 4 N–H and O–H groups in total. The fourth-order valence-electron chi connectivity index (χ4n) is 2.10. The zero-order chi connectivity index (χ0) is 17.5. The van der Waals surface area contributed by atoms with Crippen LogP contribution in [0.15, 0.2) is 35.6 Å². The summed E-state index contributed by atoms with van der Waals surface area (Å²) in [5, 5.41) is 18.9. The maximum absolute atomic E-state index is 12.7. The van der Waals surface area contributed by atoms with Crippen molar-refractivity contribution in [1.82, 2.24) is 0 Å². The summed E-state index contributed by atoms with van der Waals surface area (Å²) >= 11 is 0. The van der Waals surface area contributed by atoms with Crippen LogP contribution in [-0.2, 0) is 9.47 Å². The highest BCUT2D eigenvalue weighted by atomic mass is 19.4. The lowest BCUT2D eigenvalue weighted by Gasteiger charge is -2.33. The Kier molecular flexibility index (Phi) is 7.77. The second-order valence-corrected chi connectivity index (χ2v) is 5.04. The lowest BCUT2D eigenvalue weighted by atomic mass is 10.0. The Morgan fingerprint density at radius 3 is 2.70 bits per heavy atom. The van der Waals surface area contributed by atoms with Crippen molar-refractivity contribution in [2.45, 2.75) is 37.8 Å². The largest absolute Gasteiger partial charge is 0.416 e. The van der Waals surface area contributed by atoms with Crippen molar-refractivity contribution in [3.8, 4) is 0 Å². The molecule has 1 aliphatic heterocycles. The molecule has 23 heavy (non-hydrogen) atoms. The van der Waals surface area contributed by atoms with Crippen LogP contribution in [0.5, 0.6) is 0 Å². The number of nitrogens with two attached hydrogens (primary N) is 1. The molecule has 1 heterocycles. The first-order chi connectivity index (χ1) is 10.8. The lowest BCUT2D eigenvalue weighted by molar-refractivity contribution is -0.161. The van der Waals surface area contributed by atoms with E-state index < -0.39 is 30.1 Å². The van der Waals surface area contributed by atoms with Crippen LogP contribution in [-0.4, -0.2) is 54.5 Å². The maximum Gasteiger partial charge on any atom is 0.416 e. The van der Waals surface area contributed by atoms with E-state index in [-0.39, 0.29) is 18.9 Å². The normalized spacial score (nSPS) is 27.7. The molecule has 0 amide bonds. The predicted molar refractivity (Wildman–Crippen MR) is 78.4 cm³/mol. The number of allylic oxidation sites excluding steroid dienone is 4. The van der Waals surface area contributed by atoms with Crippen LogP contribution >= 0.6 is 0 Å². The summed E-state index contributed by atoms with van der Waals surface area (Å²) in [5.74, 6) is 0. The molecular formula is C15H22F3NO4. The number of hydrogen-bond donors (Lipinski definition) is 3. The van der Waals surface area contributed by atoms with Crippen molar-refractivity contribution >= 4 is 0 Å². The summed E-state index contributed by atoms with van der Waals surface area (Å²) in [7, 11) is 0. The third-order valence-corrected chi connectivity index (χ3v) is 3.30. The van der Waals surface area contributed by atoms with Gasteiger partial charge in [0.25, 0.3) is 0 Å². The summed E-state index contributed by atoms with van der Waals surface area (Å²) in [5.41, 5.74) is 4.60. The number of aliphatic hydroxyl groups is 2. The van der Waals surface area contributed by atoms with Gasteiger partial charge in [-0.2, -0.15) is 13.2 Å². The van der Waals surface area contributed by atoms with Crippen LogP contribution in [0.25, 0.3) is 0 Å². The molecule has 5 nitrogen and oxygen atoms in total. The van der Waals surface area contributed by atoms with Crippen molar-refractivity contribution < 1.29 is 32.9 Å². The molecule has 1 rings (SSSR count). The van der Waals surface area contributed by atoms with Gasteiger partial charge in [-0.3, -0.25) is 0 Å². The van der Waals surface area contributed by atoms with Crippen molar-refractivity contribution in [2.24, 2.45) is 5.73 Å². The Bertz CT molecular complexity index is 460. The van der Waals surface area contributed by atoms with Crippen LogP contribution in [0.1, 0.15) is 13.3 Å². The van der Waals surface area contributed by atoms with E-state index >= 15 is 0 Å². The standard InChI is InChI=1S/C15H22F3NO4/c1-2-3-10(15(16,17)18)8-11(19)4-6-22-12-5-7-23-13(9-20)14(12)21/h2-4,8,12-14,20-21H,5-7,9,19H2,1H3/b3-2-,10-8+,11-4-. The molecule has 0 aromatic heterocycles. The highest BCUT2D eigenvalue weighted by molar-refractivity contribution is 5.31. The monoisotopic (exact) mass is 337 g/mol. The van der Waals surface area contributed by atoms with E-state index in [9.17, 15) is 18.3 Å². The van der Waals surface area contributed by atoms with Crippen LogP contribution < -0.4 is 5.73 Å². The minimum absolute atomic E-state index is 0.0524. The molecule has 0 aliphatic carbocycles. The van der Waals surface area contributed by atoms with Crippen molar-refractivity contribution in [3.05, 3.63) is 35.6 Å². The van der Waals surface area contributed by atoms with Gasteiger partial charge in [0.1, 0.15) is 12.2 Å². The number of halogens is 3. The number of hydrogen-bond acceptors (Lipinski definition) is 5. The smallest absolute Gasteiger partial charge is 0.399 e. The Morgan fingerprint density at radius 1 is 1.43 bits per heavy atom. The SMILES string of the molecule is C\C=C/C(=C\C(N)=C\COC1CCOC(CO)C1O)C(F)(F)F. The Morgan fingerprint density at radius 2 is 2.13 bits per heavy atom. The molecule has 132 valence electrons. The minimum Gasteiger partial charge on any atom is -0.399 e. The van der Waals surface area contributed by atoms with E-state index in [4.69, 9.17) is 20.3 Å². The lowest BCUT2D eigenvalue weighted by Crippen LogP contribution is -2.47. The van der Waals surface area contributed by atoms with Gasteiger partial charge in [0.2, 0.25) is 0 Å². The van der Waals surface area contributed by atoms with E-state index in [1.165, 1.54) is 19.1 Å². The average molecular weight is 337 g/mol. The molecule has 1 aliphatic rings. The highest BCUT2D eigenvalue weighted by Gasteiger charge is 2.33. The van der Waals surface area contributed by atoms with E-state index in [1.807, 2.05) is 0 Å². The molecule has 0 bridgehead atoms. The van der Waals surface area contributed by atoms with Crippen LogP contribution in [0, 0.1) is 0 Å². The summed E-state index contributed by atoms with van der Waals surface area (Å²) in [6.45, 7) is 1.42. The molecule has 0 aromatic carbocycles. The summed E-state index contributed by atoms with van der Waals surface area (Å²) in [6, 6.07) is 0. The van der Waals surface area contributed by atoms with E-state index in [2.05, 4.69) is 0 Å². The Labute approximate surface area is 132 Å². The van der Waals surface area contributed by atoms with Gasteiger partial charge in [0.15, 0.2) is 0 Å². The number of ether oxygens (including phenoxy) is 2. The average Bonchev–Trinajstić information content (AvgIpc) is 2.47. The summed E-state index contributed by atoms with van der Waals surface area (Å²) in [6.07, 6.45) is -2.02. The van der Waals surface area contributed by atoms with Gasteiger partial charge in [-0.1, -0.05) is 12.2 Å². The van der Waals surface area contributed by atoms with Gasteiger partial charge in [0.05, 0.1) is 24.9 Å². The van der Waals surface area contributed by atoms with Crippen molar-refractivity contribution in [2.75, 3.05) is 19.8 Å². The second-order valence-electron chi connectivity index (χ2n) is 5.04. The fraction of sp³-hybridized carbons (Fsp3) is 0.600. The molecule has 3 atom stereocenters. The minimum atomic E-state index is -4.49. The molecule has 0 saturated carbocycles. The van der Waals surface area contributed by atoms with Gasteiger partial charge in [-0.25, -0.2) is 0 Å². The van der Waals surface area contributed by atoms with Crippen LogP contribution in [0.4, 0.5) is 13.2 Å². The van der Waals surface area contributed by atoms with Gasteiger partial charge in [0, 0.05) is 12.3 Å². The molecule has 0 aromatic rings. The molecule has 8 heteroatoms. The topological polar surface area (TPSA) is 84.9 Å². The maximum atomic E-state index is 12.7. The Hall–Kier alpha value is -1.35. The summed E-state index contributed by atoms with van der Waals surface area (Å²) in [4.78, 5) is 0. The van der Waals surface area contributed by atoms with Crippen LogP contribution in [0.2, 0.25) is 0 Å². The molecule has 0 radical (unpaired) electrons. The zero-order valence-electron chi connectivity index (χ0n) is 12.8. The van der Waals surface area contributed by atoms with Gasteiger partial charge >= 0.3 is 6.18 Å². The number of aliphatic hydroxyl groups excluding tert-OH is 2. The first-order valence-corrected chi connectivity index (χ1v) is 7.19. The van der Waals surface area contributed by atoms with Crippen molar-refractivity contribution in [1.29, 1.82) is 0 Å². The van der Waals surface area contributed by atoms with Gasteiger partial charge < -0.3 is 25.4 Å². The zero-order valence-corrected chi connectivity index (χ0v) is 12.8. The first-order valence-electron chi connectivity index (χ1n) is 7.19. The van der Waals surface area contributed by atoms with Gasteiger partial charge in [-0.15, -0.1) is 0 Å². The molecule has 1 saturated heterocycles. The molecule has 3 unspecified atom stereocenters. The number of rotatable bonds is 6. The second kappa shape index (κ2) is 9.07. The van der Waals surface area contributed by atoms with Gasteiger partial charge in [-0.05, 0) is 25.5 Å². The third kappa shape index (κ3) is 6.34. The van der Waals surface area contributed by atoms with Crippen molar-refractivity contribution in [3.63, 3.8) is 0 Å². The van der Waals surface area contributed by atoms with Crippen LogP contribution in [0.3, 0.4) is 0 Å². The first kappa shape index (κ1) is 19.7. The molecule has 0 spiro atoms. The molecule has 1 fully saturated rings. The quantitative estimate of drug-likeness (QED) is 0.639. The van der Waals surface area contributed by atoms with E-state index in [1.54, 1.807) is 0 Å². The van der Waals surface area contributed by atoms with E-state index in [0.717, 1.165) is 12.2 Å².